The smallest absolute Gasteiger partial charge is 0.124 e. The van der Waals surface area contributed by atoms with Crippen LogP contribution in [0.25, 0.3) is 143 Å². The van der Waals surface area contributed by atoms with E-state index in [1.54, 1.807) is 48.5 Å². The Morgan fingerprint density at radius 3 is 0.757 bits per heavy atom. The predicted molar refractivity (Wildman–Crippen MR) is 283 cm³/mol. The fourth-order valence-electron chi connectivity index (χ4n) is 12.2. The Morgan fingerprint density at radius 1 is 0.243 bits per heavy atom. The molecule has 12 aromatic rings. The van der Waals surface area contributed by atoms with Gasteiger partial charge in [-0.2, -0.15) is 21.0 Å². The summed E-state index contributed by atoms with van der Waals surface area (Å²) < 4.78 is 64.3. The van der Waals surface area contributed by atoms with Gasteiger partial charge in [0.15, 0.2) is 0 Å². The van der Waals surface area contributed by atoms with Crippen LogP contribution < -0.4 is 0 Å². The van der Waals surface area contributed by atoms with Crippen LogP contribution in [0, 0.1) is 68.6 Å². The number of fused-ring (bicyclic) bond motifs is 11. The van der Waals surface area contributed by atoms with Gasteiger partial charge < -0.3 is 0 Å². The molecule has 0 bridgehead atoms. The van der Waals surface area contributed by atoms with E-state index in [-0.39, 0.29) is 0 Å². The van der Waals surface area contributed by atoms with Gasteiger partial charge in [0.2, 0.25) is 0 Å². The highest BCUT2D eigenvalue weighted by molar-refractivity contribution is 6.36. The largest absolute Gasteiger partial charge is 0.207 e. The normalized spacial score (nSPS) is 11.7. The third-order valence-corrected chi connectivity index (χ3v) is 15.0. The van der Waals surface area contributed by atoms with E-state index in [1.165, 1.54) is 48.5 Å². The van der Waals surface area contributed by atoms with Crippen molar-refractivity contribution < 1.29 is 17.6 Å². The third-order valence-electron chi connectivity index (χ3n) is 15.0. The molecule has 2 aliphatic rings. The van der Waals surface area contributed by atoms with Crippen molar-refractivity contribution in [1.29, 1.82) is 21.0 Å². The lowest BCUT2D eigenvalue weighted by atomic mass is 9.78. The highest BCUT2D eigenvalue weighted by Crippen LogP contribution is 2.62. The van der Waals surface area contributed by atoms with Crippen LogP contribution in [-0.2, 0) is 0 Å². The van der Waals surface area contributed by atoms with Crippen LogP contribution >= 0.6 is 0 Å². The van der Waals surface area contributed by atoms with Gasteiger partial charge in [-0.3, -0.25) is 0 Å². The summed E-state index contributed by atoms with van der Waals surface area (Å²) in [6.45, 7) is 0. The molecule has 0 amide bonds. The van der Waals surface area contributed by atoms with Crippen molar-refractivity contribution in [3.05, 3.63) is 215 Å². The van der Waals surface area contributed by atoms with E-state index in [0.29, 0.717) is 111 Å². The predicted octanol–water partition coefficient (Wildman–Crippen LogP) is 17.5. The lowest BCUT2D eigenvalue weighted by Gasteiger charge is -2.24. The van der Waals surface area contributed by atoms with Gasteiger partial charge in [0.1, 0.15) is 23.3 Å². The topological polar surface area (TPSA) is 95.2 Å². The van der Waals surface area contributed by atoms with E-state index >= 15 is 17.6 Å². The van der Waals surface area contributed by atoms with Gasteiger partial charge in [0, 0.05) is 0 Å². The molecule has 340 valence electrons. The SMILES string of the molecule is N#Cc1ccc(-c2c3c(c(-c4ccc(C#N)cc4)c4c2ccc2c4ccc4c(-c5ccc(C#N)cc5)c5c(c(-c6ccc(C#N)cc6)c42)-c2cc(F)cc4cc(F)cc-5c24)-c2cc(F)cc4cc(F)cc-3c24)cc1. The number of nitriles is 4. The fraction of sp³-hybridized carbons (Fsp3) is 0. The van der Waals surface area contributed by atoms with Crippen molar-refractivity contribution in [1.82, 2.24) is 0 Å². The van der Waals surface area contributed by atoms with Crippen LogP contribution in [0.1, 0.15) is 22.3 Å². The number of hydrogen-bond acceptors (Lipinski definition) is 4. The zero-order valence-electron chi connectivity index (χ0n) is 38.5. The fourth-order valence-corrected chi connectivity index (χ4v) is 12.2. The summed E-state index contributed by atoms with van der Waals surface area (Å²) in [6, 6.07) is 57.3. The molecule has 0 atom stereocenters. The van der Waals surface area contributed by atoms with Crippen molar-refractivity contribution in [2.24, 2.45) is 0 Å². The van der Waals surface area contributed by atoms with Crippen LogP contribution in [0.15, 0.2) is 170 Å². The van der Waals surface area contributed by atoms with Crippen molar-refractivity contribution in [3.8, 4) is 113 Å². The maximum absolute atomic E-state index is 16.2. The van der Waals surface area contributed by atoms with Gasteiger partial charge in [-0.25, -0.2) is 17.6 Å². The molecule has 8 heteroatoms. The van der Waals surface area contributed by atoms with Gasteiger partial charge in [0.25, 0.3) is 0 Å². The van der Waals surface area contributed by atoms with E-state index in [9.17, 15) is 21.0 Å². The van der Waals surface area contributed by atoms with Crippen LogP contribution in [0.3, 0.4) is 0 Å². The quantitative estimate of drug-likeness (QED) is 0.130. The molecule has 0 fully saturated rings. The molecule has 0 spiro atoms. The molecule has 0 saturated carbocycles. The average Bonchev–Trinajstić information content (AvgIpc) is 3.94. The maximum atomic E-state index is 16.2. The molecule has 0 unspecified atom stereocenters. The molecule has 0 saturated heterocycles. The minimum absolute atomic E-state index is 0.395. The van der Waals surface area contributed by atoms with Crippen LogP contribution in [0.4, 0.5) is 17.6 Å². The first-order valence-electron chi connectivity index (χ1n) is 23.6. The first-order valence-corrected chi connectivity index (χ1v) is 23.6. The van der Waals surface area contributed by atoms with Crippen molar-refractivity contribution in [2.45, 2.75) is 0 Å². The standard InChI is InChI=1S/C66H28F4N4/c67-43-21-41-23-45(69)27-53-55(41)51(25-43)63-57(37-9-1-33(29-71)2-10-37)49-19-17-48-47(61(49)59(65(53)63)39-13-5-35(31-73)6-14-39)18-20-50-58(38-11-3-34(30-72)4-12-38)64-52-26-44(68)22-42-24-46(70)28-54(56(42)52)66(64)60(62(48)50)40-15-7-36(32-74)8-16-40/h1-28H. The zero-order valence-corrected chi connectivity index (χ0v) is 38.5. The summed E-state index contributed by atoms with van der Waals surface area (Å²) in [7, 11) is 0. The molecular weight excluding hydrogens is 925 g/mol. The summed E-state index contributed by atoms with van der Waals surface area (Å²) >= 11 is 0. The Morgan fingerprint density at radius 2 is 0.486 bits per heavy atom. The second-order valence-electron chi connectivity index (χ2n) is 18.8. The van der Waals surface area contributed by atoms with Crippen molar-refractivity contribution in [2.75, 3.05) is 0 Å². The first-order chi connectivity index (χ1) is 36.1. The maximum Gasteiger partial charge on any atom is 0.124 e. The average molecular weight is 953 g/mol. The molecule has 0 aromatic heterocycles. The Kier molecular flexibility index (Phi) is 8.93. The molecule has 0 radical (unpaired) electrons. The van der Waals surface area contributed by atoms with Crippen LogP contribution in [0.2, 0.25) is 0 Å². The molecule has 2 aliphatic carbocycles. The number of hydrogen-bond donors (Lipinski definition) is 0. The second-order valence-corrected chi connectivity index (χ2v) is 18.8. The third kappa shape index (κ3) is 5.92. The summed E-state index contributed by atoms with van der Waals surface area (Å²) in [5.74, 6) is -2.16. The van der Waals surface area contributed by atoms with Crippen molar-refractivity contribution >= 4 is 53.9 Å². The summed E-state index contributed by atoms with van der Waals surface area (Å²) in [5, 5.41) is 46.6. The van der Waals surface area contributed by atoms with Crippen molar-refractivity contribution in [3.63, 3.8) is 0 Å². The van der Waals surface area contributed by atoms with Gasteiger partial charge in [-0.15, -0.1) is 0 Å². The highest BCUT2D eigenvalue weighted by Gasteiger charge is 2.35. The molecule has 4 nitrogen and oxygen atoms in total. The van der Waals surface area contributed by atoms with Gasteiger partial charge in [0.05, 0.1) is 46.5 Å². The van der Waals surface area contributed by atoms with Crippen LogP contribution in [-0.4, -0.2) is 0 Å². The van der Waals surface area contributed by atoms with Gasteiger partial charge in [-0.05, 0) is 240 Å². The minimum atomic E-state index is -0.546. The molecule has 0 N–H and O–H groups in total. The first kappa shape index (κ1) is 42.5. The molecule has 74 heavy (non-hydrogen) atoms. The summed E-state index contributed by atoms with van der Waals surface area (Å²) in [4.78, 5) is 0. The molecular formula is C66H28F4N4. The molecule has 0 aliphatic heterocycles. The number of benzene rings is 12. The van der Waals surface area contributed by atoms with E-state index in [1.807, 2.05) is 60.7 Å². The minimum Gasteiger partial charge on any atom is -0.207 e. The summed E-state index contributed by atoms with van der Waals surface area (Å²) in [5.41, 5.74) is 12.6. The monoisotopic (exact) mass is 952 g/mol. The lowest BCUT2D eigenvalue weighted by Crippen LogP contribution is -1.97. The highest BCUT2D eigenvalue weighted by atomic mass is 19.1. The lowest BCUT2D eigenvalue weighted by molar-refractivity contribution is 0.625. The van der Waals surface area contributed by atoms with E-state index in [0.717, 1.165) is 54.6 Å². The second kappa shape index (κ2) is 15.6. The van der Waals surface area contributed by atoms with E-state index in [2.05, 4.69) is 36.4 Å². The number of nitrogens with zero attached hydrogens (tertiary/aromatic N) is 4. The summed E-state index contributed by atoms with van der Waals surface area (Å²) in [6.07, 6.45) is 0. The van der Waals surface area contributed by atoms with Gasteiger partial charge >= 0.3 is 0 Å². The Hall–Kier alpha value is -10.4. The molecule has 12 aromatic carbocycles. The van der Waals surface area contributed by atoms with E-state index in [4.69, 9.17) is 0 Å². The zero-order chi connectivity index (χ0) is 50.3. The van der Waals surface area contributed by atoms with Gasteiger partial charge in [-0.1, -0.05) is 72.8 Å². The molecule has 14 rings (SSSR count). The molecule has 0 heterocycles. The van der Waals surface area contributed by atoms with Crippen LogP contribution in [0.5, 0.6) is 0 Å². The van der Waals surface area contributed by atoms with E-state index < -0.39 is 23.3 Å². The Balaban J connectivity index is 1.25. The Labute approximate surface area is 419 Å². The Bertz CT molecular complexity index is 4450. The number of halogens is 4. The number of rotatable bonds is 4.